The van der Waals surface area contributed by atoms with Crippen molar-refractivity contribution in [2.24, 2.45) is 0 Å². The van der Waals surface area contributed by atoms with Gasteiger partial charge in [0.25, 0.3) is 5.91 Å². The number of ether oxygens (including phenoxy) is 1. The van der Waals surface area contributed by atoms with Gasteiger partial charge in [0.1, 0.15) is 5.75 Å². The van der Waals surface area contributed by atoms with E-state index in [-0.39, 0.29) is 11.9 Å². The molecule has 0 saturated heterocycles. The number of carbonyl (C=O) groups is 1. The highest BCUT2D eigenvalue weighted by Gasteiger charge is 2.14. The third-order valence-corrected chi connectivity index (χ3v) is 4.66. The number of hydrogen-bond donors (Lipinski definition) is 1. The van der Waals surface area contributed by atoms with Crippen LogP contribution in [-0.4, -0.2) is 32.6 Å². The maximum Gasteiger partial charge on any atom is 0.251 e. The minimum atomic E-state index is -0.192. The van der Waals surface area contributed by atoms with E-state index in [1.54, 1.807) is 34.9 Å². The van der Waals surface area contributed by atoms with Crippen molar-refractivity contribution in [2.45, 2.75) is 13.0 Å². The van der Waals surface area contributed by atoms with Crippen LogP contribution in [0.1, 0.15) is 28.9 Å². The van der Waals surface area contributed by atoms with E-state index in [0.717, 1.165) is 22.7 Å². The van der Waals surface area contributed by atoms with Gasteiger partial charge in [0.2, 0.25) is 0 Å². The highest BCUT2D eigenvalue weighted by molar-refractivity contribution is 5.95. The van der Waals surface area contributed by atoms with Crippen LogP contribution < -0.4 is 10.1 Å². The Labute approximate surface area is 168 Å². The second kappa shape index (κ2) is 8.02. The average Bonchev–Trinajstić information content (AvgIpc) is 3.46. The minimum absolute atomic E-state index is 0.149. The van der Waals surface area contributed by atoms with Crippen LogP contribution >= 0.6 is 0 Å². The molecule has 1 N–H and O–H groups in total. The predicted octanol–water partition coefficient (Wildman–Crippen LogP) is 3.56. The van der Waals surface area contributed by atoms with Crippen LogP contribution in [0, 0.1) is 0 Å². The Bertz CT molecular complexity index is 1100. The van der Waals surface area contributed by atoms with Gasteiger partial charge in [0.15, 0.2) is 0 Å². The van der Waals surface area contributed by atoms with Gasteiger partial charge < -0.3 is 10.1 Å². The van der Waals surface area contributed by atoms with E-state index in [0.29, 0.717) is 5.56 Å². The van der Waals surface area contributed by atoms with Gasteiger partial charge in [-0.25, -0.2) is 9.36 Å². The van der Waals surface area contributed by atoms with Gasteiger partial charge in [0.05, 0.1) is 30.7 Å². The second-order valence-corrected chi connectivity index (χ2v) is 6.61. The second-order valence-electron chi connectivity index (χ2n) is 6.61. The SMILES string of the molecule is COc1ccc(-n2cc([C@@H](C)NC(=O)c3cccc(-n4cccn4)c3)cn2)cc1. The molecule has 4 aromatic rings. The lowest BCUT2D eigenvalue weighted by Crippen LogP contribution is -2.26. The molecular formula is C22H21N5O2. The van der Waals surface area contributed by atoms with E-state index >= 15 is 0 Å². The maximum absolute atomic E-state index is 12.7. The summed E-state index contributed by atoms with van der Waals surface area (Å²) in [5, 5.41) is 11.6. The third-order valence-electron chi connectivity index (χ3n) is 4.66. The molecule has 1 atom stereocenters. The van der Waals surface area contributed by atoms with Gasteiger partial charge >= 0.3 is 0 Å². The standard InChI is InChI=1S/C22H21N5O2/c1-16(18-14-24-27(15-18)19-7-9-21(29-2)10-8-19)25-22(28)17-5-3-6-20(13-17)26-12-4-11-23-26/h3-16H,1-2H3,(H,25,28)/t16-/m1/s1. The number of aromatic nitrogens is 4. The molecule has 0 aliphatic rings. The Balaban J connectivity index is 1.47. The van der Waals surface area contributed by atoms with E-state index in [1.165, 1.54) is 0 Å². The molecule has 2 aromatic heterocycles. The number of nitrogens with zero attached hydrogens (tertiary/aromatic N) is 4. The zero-order valence-corrected chi connectivity index (χ0v) is 16.2. The Morgan fingerprint density at radius 1 is 1.03 bits per heavy atom. The molecule has 0 radical (unpaired) electrons. The van der Waals surface area contributed by atoms with Crippen LogP contribution in [0.3, 0.4) is 0 Å². The van der Waals surface area contributed by atoms with Crippen LogP contribution in [0.4, 0.5) is 0 Å². The molecule has 0 aliphatic carbocycles. The van der Waals surface area contributed by atoms with Gasteiger partial charge in [-0.15, -0.1) is 0 Å². The fourth-order valence-corrected chi connectivity index (χ4v) is 3.01. The average molecular weight is 387 g/mol. The van der Waals surface area contributed by atoms with Crippen molar-refractivity contribution in [1.29, 1.82) is 0 Å². The zero-order chi connectivity index (χ0) is 20.2. The van der Waals surface area contributed by atoms with Crippen LogP contribution in [-0.2, 0) is 0 Å². The first-order chi connectivity index (χ1) is 14.1. The number of hydrogen-bond acceptors (Lipinski definition) is 4. The smallest absolute Gasteiger partial charge is 0.251 e. The molecule has 0 aliphatic heterocycles. The lowest BCUT2D eigenvalue weighted by atomic mass is 10.1. The van der Waals surface area contributed by atoms with Crippen LogP contribution in [0.15, 0.2) is 79.4 Å². The summed E-state index contributed by atoms with van der Waals surface area (Å²) in [6.07, 6.45) is 7.21. The zero-order valence-electron chi connectivity index (χ0n) is 16.2. The highest BCUT2D eigenvalue weighted by Crippen LogP contribution is 2.18. The lowest BCUT2D eigenvalue weighted by molar-refractivity contribution is 0.0940. The molecule has 0 fully saturated rings. The van der Waals surface area contributed by atoms with Crippen molar-refractivity contribution in [3.8, 4) is 17.1 Å². The summed E-state index contributed by atoms with van der Waals surface area (Å²) < 4.78 is 8.68. The molecule has 2 heterocycles. The molecule has 7 heteroatoms. The van der Waals surface area contributed by atoms with E-state index < -0.39 is 0 Å². The van der Waals surface area contributed by atoms with Gasteiger partial charge in [-0.2, -0.15) is 10.2 Å². The number of methoxy groups -OCH3 is 1. The summed E-state index contributed by atoms with van der Waals surface area (Å²) in [4.78, 5) is 12.7. The summed E-state index contributed by atoms with van der Waals surface area (Å²) in [5.74, 6) is 0.641. The molecule has 0 unspecified atom stereocenters. The molecule has 29 heavy (non-hydrogen) atoms. The number of nitrogens with one attached hydrogen (secondary N) is 1. The molecule has 146 valence electrons. The quantitative estimate of drug-likeness (QED) is 0.549. The highest BCUT2D eigenvalue weighted by atomic mass is 16.5. The summed E-state index contributed by atoms with van der Waals surface area (Å²) >= 11 is 0. The number of amides is 1. The van der Waals surface area contributed by atoms with E-state index in [9.17, 15) is 4.79 Å². The number of benzene rings is 2. The normalized spacial score (nSPS) is 11.8. The van der Waals surface area contributed by atoms with E-state index in [2.05, 4.69) is 15.5 Å². The van der Waals surface area contributed by atoms with Crippen molar-refractivity contribution < 1.29 is 9.53 Å². The third kappa shape index (κ3) is 4.03. The van der Waals surface area contributed by atoms with Crippen LogP contribution in [0.25, 0.3) is 11.4 Å². The molecule has 0 bridgehead atoms. The molecule has 0 saturated carbocycles. The topological polar surface area (TPSA) is 74.0 Å². The molecule has 7 nitrogen and oxygen atoms in total. The summed E-state index contributed by atoms with van der Waals surface area (Å²) in [6.45, 7) is 1.94. The molecule has 2 aromatic carbocycles. The van der Waals surface area contributed by atoms with Gasteiger partial charge in [0, 0.05) is 29.7 Å². The Kier molecular flexibility index (Phi) is 5.11. The largest absolute Gasteiger partial charge is 0.497 e. The van der Waals surface area contributed by atoms with Gasteiger partial charge in [-0.1, -0.05) is 6.07 Å². The Morgan fingerprint density at radius 2 is 1.86 bits per heavy atom. The van der Waals surface area contributed by atoms with Crippen molar-refractivity contribution in [3.63, 3.8) is 0 Å². The van der Waals surface area contributed by atoms with Crippen LogP contribution in [0.5, 0.6) is 5.75 Å². The number of rotatable bonds is 6. The van der Waals surface area contributed by atoms with E-state index in [4.69, 9.17) is 4.74 Å². The molecular weight excluding hydrogens is 366 g/mol. The van der Waals surface area contributed by atoms with E-state index in [1.807, 2.05) is 67.8 Å². The molecule has 4 rings (SSSR count). The minimum Gasteiger partial charge on any atom is -0.497 e. The van der Waals surface area contributed by atoms with Crippen molar-refractivity contribution >= 4 is 5.91 Å². The Hall–Kier alpha value is -3.87. The fourth-order valence-electron chi connectivity index (χ4n) is 3.01. The first-order valence-corrected chi connectivity index (χ1v) is 9.24. The van der Waals surface area contributed by atoms with Crippen molar-refractivity contribution in [1.82, 2.24) is 24.9 Å². The molecule has 1 amide bonds. The summed E-state index contributed by atoms with van der Waals surface area (Å²) in [6, 6.07) is 16.6. The predicted molar refractivity (Wildman–Crippen MR) is 110 cm³/mol. The number of carbonyl (C=O) groups excluding carboxylic acids is 1. The Morgan fingerprint density at radius 3 is 2.59 bits per heavy atom. The van der Waals surface area contributed by atoms with Crippen LogP contribution in [0.2, 0.25) is 0 Å². The maximum atomic E-state index is 12.7. The van der Waals surface area contributed by atoms with Crippen molar-refractivity contribution in [2.75, 3.05) is 7.11 Å². The fraction of sp³-hybridized carbons (Fsp3) is 0.136. The van der Waals surface area contributed by atoms with Crippen molar-refractivity contribution in [3.05, 3.63) is 90.5 Å². The van der Waals surface area contributed by atoms with Gasteiger partial charge in [-0.3, -0.25) is 4.79 Å². The molecule has 0 spiro atoms. The first-order valence-electron chi connectivity index (χ1n) is 9.24. The monoisotopic (exact) mass is 387 g/mol. The summed E-state index contributed by atoms with van der Waals surface area (Å²) in [5.41, 5.74) is 3.25. The van der Waals surface area contributed by atoms with Gasteiger partial charge in [-0.05, 0) is 55.5 Å². The lowest BCUT2D eigenvalue weighted by Gasteiger charge is -2.13. The first kappa shape index (κ1) is 18.5. The summed E-state index contributed by atoms with van der Waals surface area (Å²) in [7, 11) is 1.64.